The summed E-state index contributed by atoms with van der Waals surface area (Å²) in [5.74, 6) is -2.49. The van der Waals surface area contributed by atoms with E-state index < -0.39 is 75.5 Å². The van der Waals surface area contributed by atoms with Crippen LogP contribution < -0.4 is 19.3 Å². The van der Waals surface area contributed by atoms with Gasteiger partial charge in [-0.15, -0.1) is 5.10 Å². The molecule has 1 saturated heterocycles. The van der Waals surface area contributed by atoms with Crippen molar-refractivity contribution in [2.24, 2.45) is 11.8 Å². The molecule has 9 rings (SSSR count). The number of allylic oxidation sites excluding steroid dienone is 4. The molecule has 23 heteroatoms. The predicted octanol–water partition coefficient (Wildman–Crippen LogP) is 7.19. The first-order valence-electron chi connectivity index (χ1n) is 20.5. The number of hydrogen-bond acceptors (Lipinski definition) is 15. The van der Waals surface area contributed by atoms with Crippen LogP contribution in [0.15, 0.2) is 52.9 Å². The summed E-state index contributed by atoms with van der Waals surface area (Å²) in [6, 6.07) is -0.860. The van der Waals surface area contributed by atoms with Crippen molar-refractivity contribution in [3.8, 4) is 17.2 Å². The average molecular weight is 949 g/mol. The summed E-state index contributed by atoms with van der Waals surface area (Å²) in [6.07, 6.45) is 11.8. The van der Waals surface area contributed by atoms with Gasteiger partial charge in [-0.3, -0.25) is 9.69 Å². The number of rotatable bonds is 14. The van der Waals surface area contributed by atoms with Crippen LogP contribution in [-0.2, 0) is 47.8 Å². The molecule has 346 valence electrons. The summed E-state index contributed by atoms with van der Waals surface area (Å²) in [6.45, 7) is 14.9. The number of ether oxygens (including phenoxy) is 4. The van der Waals surface area contributed by atoms with Crippen molar-refractivity contribution in [1.29, 1.82) is 0 Å². The highest BCUT2D eigenvalue weighted by Crippen LogP contribution is 2.74. The molecule has 5 heterocycles. The smallest absolute Gasteiger partial charge is 0.482 e. The number of methoxy groups -OCH3 is 1. The number of ketones is 1. The summed E-state index contributed by atoms with van der Waals surface area (Å²) >= 11 is 0. The highest BCUT2D eigenvalue weighted by Gasteiger charge is 2.84. The van der Waals surface area contributed by atoms with Crippen molar-refractivity contribution < 1.29 is 75.0 Å². The Morgan fingerprint density at radius 2 is 1.69 bits per heavy atom. The molecule has 2 aromatic rings. The third kappa shape index (κ3) is 7.59. The first-order valence-corrected chi connectivity index (χ1v) is 25.0. The largest absolute Gasteiger partial charge is 0.536 e. The predicted molar refractivity (Wildman–Crippen MR) is 229 cm³/mol. The standard InChI is InChI=1S/C41H51N4O16P3/c1-21(2)11-10-16-39(8)17-15-25-32(56-39)24(13-12-22(3)4)33-28(34(25)58-63(51,52)61-64(53,54)60-62(48,49)50)30-29-31(45-20-42-37(43-30)44-45)26-19-27-38(6,7)59-40(35(26)46,41(27,29)57-33)18-14-23(5)36(47)55-9/h11-12,14-15,17,20,26-27,31H,10,13,16,18-19H2,1-9H3,(H,43,44)(H,51,52)(H,53,54)(H2,48,49,50)/b23-14-. The van der Waals surface area contributed by atoms with Crippen molar-refractivity contribution in [1.82, 2.24) is 14.8 Å². The normalized spacial score (nSPS) is 29.7. The van der Waals surface area contributed by atoms with Gasteiger partial charge in [-0.1, -0.05) is 29.4 Å². The van der Waals surface area contributed by atoms with Gasteiger partial charge in [-0.25, -0.2) is 28.2 Å². The second-order valence-corrected chi connectivity index (χ2v) is 22.5. The van der Waals surface area contributed by atoms with Crippen LogP contribution in [0.4, 0.5) is 5.95 Å². The molecule has 8 unspecified atom stereocenters. The number of nitrogens with one attached hydrogen (secondary N) is 1. The van der Waals surface area contributed by atoms with Crippen LogP contribution in [0.3, 0.4) is 0 Å². The Bertz CT molecular complexity index is 2690. The Kier molecular flexibility index (Phi) is 11.2. The van der Waals surface area contributed by atoms with E-state index in [1.807, 2.05) is 54.5 Å². The zero-order chi connectivity index (χ0) is 46.7. The molecule has 8 atom stereocenters. The Morgan fingerprint density at radius 3 is 2.34 bits per heavy atom. The number of carbonyl (C=O) groups is 2. The van der Waals surface area contributed by atoms with Gasteiger partial charge >= 0.3 is 29.4 Å². The van der Waals surface area contributed by atoms with Gasteiger partial charge in [-0.2, -0.15) is 8.62 Å². The van der Waals surface area contributed by atoms with Crippen molar-refractivity contribution in [2.45, 2.75) is 116 Å². The molecule has 1 aromatic carbocycles. The van der Waals surface area contributed by atoms with E-state index in [-0.39, 0.29) is 64.9 Å². The van der Waals surface area contributed by atoms with Crippen LogP contribution in [0.25, 0.3) is 11.8 Å². The minimum Gasteiger partial charge on any atom is -0.482 e. The summed E-state index contributed by atoms with van der Waals surface area (Å²) in [5.41, 5.74) is -2.12. The molecular weight excluding hydrogens is 897 g/mol. The third-order valence-corrected chi connectivity index (χ3v) is 16.4. The van der Waals surface area contributed by atoms with E-state index in [9.17, 15) is 38.1 Å². The Labute approximate surface area is 368 Å². The maximum atomic E-state index is 15.4. The number of nitrogens with zero attached hydrogens (tertiary/aromatic N) is 3. The number of phosphoric ester groups is 1. The maximum Gasteiger partial charge on any atom is 0.536 e. The fraction of sp³-hybridized carbons (Fsp3) is 0.512. The molecule has 5 N–H and O–H groups in total. The van der Waals surface area contributed by atoms with E-state index >= 15 is 4.79 Å². The second kappa shape index (κ2) is 15.4. The molecule has 3 saturated carbocycles. The topological polar surface area (TPSA) is 274 Å². The molecule has 1 aromatic heterocycles. The fourth-order valence-corrected chi connectivity index (χ4v) is 13.2. The van der Waals surface area contributed by atoms with E-state index in [1.165, 1.54) is 13.4 Å². The molecule has 7 aliphatic rings. The van der Waals surface area contributed by atoms with Crippen LogP contribution >= 0.6 is 23.5 Å². The number of phosphoric acid groups is 3. The quantitative estimate of drug-likeness (QED) is 0.0542. The van der Waals surface area contributed by atoms with Crippen LogP contribution in [0.2, 0.25) is 0 Å². The maximum absolute atomic E-state index is 15.4. The van der Waals surface area contributed by atoms with Crippen LogP contribution in [0.5, 0.6) is 17.2 Å². The first-order chi connectivity index (χ1) is 29.7. The number of hydrogen-bond donors (Lipinski definition) is 5. The van der Waals surface area contributed by atoms with Gasteiger partial charge in [0.05, 0.1) is 35.6 Å². The lowest BCUT2D eigenvalue weighted by molar-refractivity contribution is -0.181. The molecule has 0 radical (unpaired) electrons. The molecule has 64 heavy (non-hydrogen) atoms. The number of anilines is 1. The first kappa shape index (κ1) is 46.3. The van der Waals surface area contributed by atoms with Gasteiger partial charge < -0.3 is 43.5 Å². The van der Waals surface area contributed by atoms with E-state index in [4.69, 9.17) is 23.5 Å². The van der Waals surface area contributed by atoms with E-state index in [0.717, 1.165) is 11.1 Å². The SMILES string of the molecule is COC(=O)/C(C)=C\CC12OC(C)(C)C3CC(C1=O)C1C4=C(Nc5ncn1n5)c1c(OP(=O)(O)OP(=O)(O)OP(=O)(O)O)c5c(c(CC=C(C)C)c1OC432)OC(C)(CCC=C(C)C)C=C5. The van der Waals surface area contributed by atoms with E-state index in [0.29, 0.717) is 24.0 Å². The average Bonchev–Trinajstić information content (AvgIpc) is 3.61. The van der Waals surface area contributed by atoms with Gasteiger partial charge in [0.1, 0.15) is 23.4 Å². The number of fused-ring (bicyclic) bond motifs is 5. The summed E-state index contributed by atoms with van der Waals surface area (Å²) in [7, 11) is -16.4. The van der Waals surface area contributed by atoms with Gasteiger partial charge in [0.2, 0.25) is 5.95 Å². The summed E-state index contributed by atoms with van der Waals surface area (Å²) in [4.78, 5) is 72.8. The second-order valence-electron chi connectivity index (χ2n) is 18.1. The summed E-state index contributed by atoms with van der Waals surface area (Å²) in [5, 5.41) is 7.98. The Morgan fingerprint density at radius 1 is 0.984 bits per heavy atom. The molecule has 1 spiro atoms. The molecule has 0 amide bonds. The molecule has 6 bridgehead atoms. The highest BCUT2D eigenvalue weighted by molar-refractivity contribution is 7.66. The lowest BCUT2D eigenvalue weighted by atomic mass is 9.47. The third-order valence-electron chi connectivity index (χ3n) is 12.6. The van der Waals surface area contributed by atoms with Crippen molar-refractivity contribution in [3.05, 3.63) is 69.6 Å². The van der Waals surface area contributed by atoms with Gasteiger partial charge in [0, 0.05) is 35.0 Å². The number of benzene rings is 1. The number of carbonyl (C=O) groups excluding carboxylic acids is 2. The monoisotopic (exact) mass is 948 g/mol. The van der Waals surface area contributed by atoms with Crippen molar-refractivity contribution in [3.63, 3.8) is 0 Å². The molecule has 20 nitrogen and oxygen atoms in total. The Balaban J connectivity index is 1.46. The van der Waals surface area contributed by atoms with Crippen molar-refractivity contribution in [2.75, 3.05) is 12.4 Å². The zero-order valence-electron chi connectivity index (χ0n) is 36.6. The lowest BCUT2D eigenvalue weighted by Crippen LogP contribution is -2.74. The van der Waals surface area contributed by atoms with Crippen LogP contribution in [0.1, 0.15) is 104 Å². The molecule has 4 aliphatic heterocycles. The highest BCUT2D eigenvalue weighted by atomic mass is 31.3. The number of aromatic nitrogens is 3. The minimum absolute atomic E-state index is 0.00947. The van der Waals surface area contributed by atoms with Crippen LogP contribution in [-0.4, -0.2) is 75.6 Å². The lowest BCUT2D eigenvalue weighted by Gasteiger charge is -2.60. The molecule has 4 fully saturated rings. The van der Waals surface area contributed by atoms with E-state index in [2.05, 4.69) is 30.1 Å². The number of esters is 1. The van der Waals surface area contributed by atoms with Crippen molar-refractivity contribution >= 4 is 52.9 Å². The van der Waals surface area contributed by atoms with Gasteiger partial charge in [-0.05, 0) is 93.2 Å². The van der Waals surface area contributed by atoms with Gasteiger partial charge in [0.15, 0.2) is 22.7 Å². The molecule has 3 aliphatic carbocycles. The van der Waals surface area contributed by atoms with Gasteiger partial charge in [0.25, 0.3) is 0 Å². The van der Waals surface area contributed by atoms with Crippen LogP contribution in [0, 0.1) is 11.8 Å². The zero-order valence-corrected chi connectivity index (χ0v) is 39.3. The number of Topliss-reactive ketones (excluding diaryl/α,β-unsaturated/α-hetero) is 1. The van der Waals surface area contributed by atoms with E-state index in [1.54, 1.807) is 29.8 Å². The molecular formula is C41H51N4O16P3. The summed E-state index contributed by atoms with van der Waals surface area (Å²) < 4.78 is 80.6. The Hall–Kier alpha value is -4.19. The fourth-order valence-electron chi connectivity index (χ4n) is 10.2. The minimum atomic E-state index is -6.00.